The topological polar surface area (TPSA) is 113 Å². The first kappa shape index (κ1) is 20.1. The summed E-state index contributed by atoms with van der Waals surface area (Å²) in [6, 6.07) is 9.57. The third-order valence-electron chi connectivity index (χ3n) is 4.12. The van der Waals surface area contributed by atoms with Crippen molar-refractivity contribution in [2.45, 2.75) is 50.8 Å². The molecule has 0 aliphatic carbocycles. The van der Waals surface area contributed by atoms with Gasteiger partial charge >= 0.3 is 0 Å². The number of aliphatic hydroxyl groups excluding tert-OH is 1. The van der Waals surface area contributed by atoms with Gasteiger partial charge in [-0.25, -0.2) is 9.87 Å². The van der Waals surface area contributed by atoms with Crippen LogP contribution < -0.4 is 11.2 Å². The number of rotatable bonds is 10. The number of primary amides is 1. The van der Waals surface area contributed by atoms with E-state index in [0.29, 0.717) is 12.8 Å². The smallest absolute Gasteiger partial charge is 0.254 e. The van der Waals surface area contributed by atoms with Gasteiger partial charge in [0.05, 0.1) is 6.10 Å². The predicted octanol–water partition coefficient (Wildman–Crippen LogP) is 1.49. The van der Waals surface area contributed by atoms with Gasteiger partial charge in [-0.2, -0.15) is 0 Å². The van der Waals surface area contributed by atoms with Crippen LogP contribution in [0.1, 0.15) is 38.2 Å². The number of aryl methyl sites for hydroxylation is 1. The van der Waals surface area contributed by atoms with Crippen molar-refractivity contribution in [1.29, 1.82) is 0 Å². The molecule has 1 aromatic carbocycles. The van der Waals surface area contributed by atoms with E-state index in [9.17, 15) is 19.1 Å². The molecular weight excluding hydrogens is 315 g/mol. The first-order valence-electron chi connectivity index (χ1n) is 7.91. The monoisotopic (exact) mass is 340 g/mol. The van der Waals surface area contributed by atoms with Crippen molar-refractivity contribution in [3.05, 3.63) is 35.9 Å². The van der Waals surface area contributed by atoms with Crippen LogP contribution in [0.15, 0.2) is 30.3 Å². The number of alkyl halides is 1. The van der Waals surface area contributed by atoms with Crippen molar-refractivity contribution in [2.24, 2.45) is 11.7 Å². The third-order valence-corrected chi connectivity index (χ3v) is 4.12. The summed E-state index contributed by atoms with van der Waals surface area (Å²) >= 11 is 0. The van der Waals surface area contributed by atoms with Crippen LogP contribution in [0.3, 0.4) is 0 Å². The molecule has 134 valence electrons. The Morgan fingerprint density at radius 2 is 1.92 bits per heavy atom. The van der Waals surface area contributed by atoms with Crippen molar-refractivity contribution in [3.8, 4) is 0 Å². The Hall–Kier alpha value is -1.99. The van der Waals surface area contributed by atoms with Crippen molar-refractivity contribution >= 4 is 11.8 Å². The van der Waals surface area contributed by atoms with Crippen LogP contribution in [0.2, 0.25) is 0 Å². The Morgan fingerprint density at radius 3 is 2.46 bits per heavy atom. The van der Waals surface area contributed by atoms with E-state index < -0.39 is 29.5 Å². The van der Waals surface area contributed by atoms with E-state index in [1.54, 1.807) is 0 Å². The van der Waals surface area contributed by atoms with Gasteiger partial charge in [0, 0.05) is 5.92 Å². The van der Waals surface area contributed by atoms with Crippen molar-refractivity contribution in [1.82, 2.24) is 5.48 Å². The van der Waals surface area contributed by atoms with Gasteiger partial charge in [0.2, 0.25) is 5.91 Å². The molecule has 1 unspecified atom stereocenters. The zero-order valence-electron chi connectivity index (χ0n) is 13.7. The van der Waals surface area contributed by atoms with Crippen LogP contribution in [-0.4, -0.2) is 33.9 Å². The molecule has 1 aromatic rings. The normalized spacial score (nSPS) is 16.0. The molecule has 2 amide bonds. The predicted molar refractivity (Wildman–Crippen MR) is 86.7 cm³/mol. The van der Waals surface area contributed by atoms with Crippen LogP contribution in [-0.2, 0) is 16.0 Å². The molecule has 0 spiro atoms. The van der Waals surface area contributed by atoms with Gasteiger partial charge in [-0.3, -0.25) is 14.8 Å². The summed E-state index contributed by atoms with van der Waals surface area (Å²) in [6.07, 6.45) is 0.0800. The first-order valence-corrected chi connectivity index (χ1v) is 7.91. The number of hydrogen-bond acceptors (Lipinski definition) is 4. The number of aliphatic hydroxyl groups is 1. The molecule has 0 heterocycles. The van der Waals surface area contributed by atoms with E-state index >= 15 is 0 Å². The van der Waals surface area contributed by atoms with Crippen LogP contribution in [0, 0.1) is 5.92 Å². The summed E-state index contributed by atoms with van der Waals surface area (Å²) in [5, 5.41) is 18.9. The summed E-state index contributed by atoms with van der Waals surface area (Å²) in [4.78, 5) is 22.7. The molecule has 3 atom stereocenters. The lowest BCUT2D eigenvalue weighted by Crippen LogP contribution is -2.38. The SMILES string of the molecule is CC(F)(CC[C@H](C[C@@H](O)CCc1ccccc1)C(=O)NO)C(N)=O. The largest absolute Gasteiger partial charge is 0.393 e. The molecule has 24 heavy (non-hydrogen) atoms. The number of hydroxylamine groups is 1. The summed E-state index contributed by atoms with van der Waals surface area (Å²) in [7, 11) is 0. The fraction of sp³-hybridized carbons (Fsp3) is 0.529. The molecule has 0 aliphatic rings. The average molecular weight is 340 g/mol. The zero-order chi connectivity index (χ0) is 18.2. The van der Waals surface area contributed by atoms with E-state index in [1.807, 2.05) is 30.3 Å². The maximum Gasteiger partial charge on any atom is 0.254 e. The maximum absolute atomic E-state index is 13.9. The van der Waals surface area contributed by atoms with Crippen LogP contribution in [0.5, 0.6) is 0 Å². The Labute approximate surface area is 140 Å². The lowest BCUT2D eigenvalue weighted by molar-refractivity contribution is -0.136. The number of hydrogen-bond donors (Lipinski definition) is 4. The number of nitrogens with one attached hydrogen (secondary N) is 1. The Morgan fingerprint density at radius 1 is 1.29 bits per heavy atom. The number of halogens is 1. The standard InChI is InChI=1S/C17H25FN2O4/c1-17(18,16(19)23)10-9-13(15(22)20-24)11-14(21)8-7-12-5-3-2-4-6-12/h2-6,13-14,21,24H,7-11H2,1H3,(H2,19,23)(H,20,22)/t13-,14+,17?/m1/s1. The molecule has 5 N–H and O–H groups in total. The summed E-state index contributed by atoms with van der Waals surface area (Å²) in [6.45, 7) is 1.05. The fourth-order valence-electron chi connectivity index (χ4n) is 2.44. The van der Waals surface area contributed by atoms with E-state index in [2.05, 4.69) is 0 Å². The fourth-order valence-corrected chi connectivity index (χ4v) is 2.44. The number of carbonyl (C=O) groups is 2. The van der Waals surface area contributed by atoms with Gasteiger partial charge in [-0.05, 0) is 44.6 Å². The second kappa shape index (κ2) is 9.34. The Bertz CT molecular complexity index is 537. The minimum Gasteiger partial charge on any atom is -0.393 e. The molecule has 0 saturated heterocycles. The highest BCUT2D eigenvalue weighted by Gasteiger charge is 2.33. The summed E-state index contributed by atoms with van der Waals surface area (Å²) < 4.78 is 13.9. The van der Waals surface area contributed by atoms with Crippen molar-refractivity contribution < 1.29 is 24.3 Å². The minimum atomic E-state index is -2.23. The van der Waals surface area contributed by atoms with Crippen LogP contribution in [0.4, 0.5) is 4.39 Å². The van der Waals surface area contributed by atoms with Gasteiger partial charge < -0.3 is 10.8 Å². The lowest BCUT2D eigenvalue weighted by atomic mass is 9.89. The van der Waals surface area contributed by atoms with Gasteiger partial charge in [-0.15, -0.1) is 0 Å². The van der Waals surface area contributed by atoms with Crippen LogP contribution in [0.25, 0.3) is 0 Å². The Kier molecular flexibility index (Phi) is 7.81. The zero-order valence-corrected chi connectivity index (χ0v) is 13.7. The number of benzene rings is 1. The molecule has 0 aromatic heterocycles. The highest BCUT2D eigenvalue weighted by Crippen LogP contribution is 2.24. The second-order valence-electron chi connectivity index (χ2n) is 6.19. The van der Waals surface area contributed by atoms with Gasteiger partial charge in [0.25, 0.3) is 5.91 Å². The second-order valence-corrected chi connectivity index (χ2v) is 6.19. The molecule has 0 fully saturated rings. The van der Waals surface area contributed by atoms with E-state index in [4.69, 9.17) is 10.9 Å². The van der Waals surface area contributed by atoms with E-state index in [1.165, 1.54) is 5.48 Å². The van der Waals surface area contributed by atoms with Gasteiger partial charge in [0.15, 0.2) is 5.67 Å². The minimum absolute atomic E-state index is 0.00920. The molecule has 7 heteroatoms. The molecule has 6 nitrogen and oxygen atoms in total. The summed E-state index contributed by atoms with van der Waals surface area (Å²) in [5.41, 5.74) is 5.31. The van der Waals surface area contributed by atoms with Crippen LogP contribution >= 0.6 is 0 Å². The van der Waals surface area contributed by atoms with Gasteiger partial charge in [-0.1, -0.05) is 30.3 Å². The molecule has 0 aliphatic heterocycles. The first-order chi connectivity index (χ1) is 11.3. The van der Waals surface area contributed by atoms with E-state index in [-0.39, 0.29) is 19.3 Å². The maximum atomic E-state index is 13.9. The Balaban J connectivity index is 2.55. The number of carbonyl (C=O) groups excluding carboxylic acids is 2. The molecule has 0 bridgehead atoms. The third kappa shape index (κ3) is 6.64. The van der Waals surface area contributed by atoms with Crippen molar-refractivity contribution in [2.75, 3.05) is 0 Å². The highest BCUT2D eigenvalue weighted by atomic mass is 19.1. The average Bonchev–Trinajstić information content (AvgIpc) is 2.56. The molecule has 1 rings (SSSR count). The van der Waals surface area contributed by atoms with Crippen molar-refractivity contribution in [3.63, 3.8) is 0 Å². The molecule has 0 saturated carbocycles. The number of amides is 2. The quantitative estimate of drug-likeness (QED) is 0.382. The lowest BCUT2D eigenvalue weighted by Gasteiger charge is -2.22. The highest BCUT2D eigenvalue weighted by molar-refractivity contribution is 5.83. The van der Waals surface area contributed by atoms with Gasteiger partial charge in [0.1, 0.15) is 0 Å². The summed E-state index contributed by atoms with van der Waals surface area (Å²) in [5.74, 6) is -2.63. The number of nitrogens with two attached hydrogens (primary N) is 1. The molecule has 0 radical (unpaired) electrons. The molecular formula is C17H25FN2O4. The van der Waals surface area contributed by atoms with E-state index in [0.717, 1.165) is 12.5 Å².